The van der Waals surface area contributed by atoms with Gasteiger partial charge in [0.2, 0.25) is 0 Å². The van der Waals surface area contributed by atoms with E-state index in [2.05, 4.69) is 10.5 Å². The fourth-order valence-electron chi connectivity index (χ4n) is 3.88. The van der Waals surface area contributed by atoms with Gasteiger partial charge in [-0.15, -0.1) is 11.3 Å². The average Bonchev–Trinajstić information content (AvgIpc) is 3.22. The zero-order valence-corrected chi connectivity index (χ0v) is 13.7. The van der Waals surface area contributed by atoms with Crippen molar-refractivity contribution >= 4 is 45.1 Å². The molecule has 2 saturated carbocycles. The van der Waals surface area contributed by atoms with Crippen molar-refractivity contribution in [2.75, 3.05) is 0 Å². The lowest BCUT2D eigenvalue weighted by atomic mass is 9.90. The maximum absolute atomic E-state index is 12.3. The molecular formula is C17H17ClN2OS. The Kier molecular flexibility index (Phi) is 3.66. The van der Waals surface area contributed by atoms with Gasteiger partial charge in [0.1, 0.15) is 4.88 Å². The molecule has 0 aliphatic heterocycles. The summed E-state index contributed by atoms with van der Waals surface area (Å²) >= 11 is 7.72. The minimum absolute atomic E-state index is 0.217. The number of thiophene rings is 1. The van der Waals surface area contributed by atoms with Crippen LogP contribution in [0.5, 0.6) is 0 Å². The van der Waals surface area contributed by atoms with Gasteiger partial charge in [-0.2, -0.15) is 5.10 Å². The monoisotopic (exact) mass is 332 g/mol. The van der Waals surface area contributed by atoms with Gasteiger partial charge in [0, 0.05) is 16.3 Å². The Morgan fingerprint density at radius 2 is 2.18 bits per heavy atom. The van der Waals surface area contributed by atoms with Crippen molar-refractivity contribution in [3.63, 3.8) is 0 Å². The summed E-state index contributed by atoms with van der Waals surface area (Å²) in [6.45, 7) is 0. The molecule has 114 valence electrons. The second-order valence-electron chi connectivity index (χ2n) is 6.30. The molecule has 2 bridgehead atoms. The van der Waals surface area contributed by atoms with Crippen LogP contribution in [0.15, 0.2) is 29.4 Å². The van der Waals surface area contributed by atoms with Crippen LogP contribution in [0, 0.1) is 17.8 Å². The quantitative estimate of drug-likeness (QED) is 0.642. The van der Waals surface area contributed by atoms with Gasteiger partial charge in [-0.3, -0.25) is 4.79 Å². The lowest BCUT2D eigenvalue weighted by molar-refractivity contribution is 0.0959. The minimum atomic E-state index is -0.217. The Labute approximate surface area is 138 Å². The highest BCUT2D eigenvalue weighted by Gasteiger charge is 2.38. The molecule has 1 N–H and O–H groups in total. The molecule has 2 aromatic rings. The highest BCUT2D eigenvalue weighted by molar-refractivity contribution is 7.21. The van der Waals surface area contributed by atoms with Crippen LogP contribution < -0.4 is 5.43 Å². The van der Waals surface area contributed by atoms with Crippen molar-refractivity contribution < 1.29 is 4.79 Å². The summed E-state index contributed by atoms with van der Waals surface area (Å²) in [5, 5.41) is 5.63. The lowest BCUT2D eigenvalue weighted by Crippen LogP contribution is -2.19. The van der Waals surface area contributed by atoms with Gasteiger partial charge in [-0.1, -0.05) is 36.2 Å². The second-order valence-corrected chi connectivity index (χ2v) is 7.73. The summed E-state index contributed by atoms with van der Waals surface area (Å²) in [5.74, 6) is 1.98. The first-order valence-electron chi connectivity index (χ1n) is 7.73. The first-order valence-corrected chi connectivity index (χ1v) is 8.92. The SMILES string of the molecule is O=C(N/N=C\C1CC2CCC1C2)c1sc2ccccc2c1Cl. The Hall–Kier alpha value is -1.39. The van der Waals surface area contributed by atoms with Crippen LogP contribution in [0.3, 0.4) is 0 Å². The number of amides is 1. The van der Waals surface area contributed by atoms with Gasteiger partial charge in [-0.25, -0.2) is 5.43 Å². The highest BCUT2D eigenvalue weighted by atomic mass is 35.5. The molecule has 0 saturated heterocycles. The topological polar surface area (TPSA) is 41.5 Å². The number of rotatable bonds is 3. The van der Waals surface area contributed by atoms with Gasteiger partial charge in [-0.05, 0) is 43.1 Å². The molecule has 2 aliphatic carbocycles. The number of hydrogen-bond donors (Lipinski definition) is 1. The summed E-state index contributed by atoms with van der Waals surface area (Å²) in [6.07, 6.45) is 7.19. The van der Waals surface area contributed by atoms with E-state index >= 15 is 0 Å². The number of halogens is 1. The standard InChI is InChI=1S/C17H17ClN2OS/c18-15-13-3-1-2-4-14(13)22-16(15)17(21)20-19-9-12-8-10-5-6-11(12)7-10/h1-4,9-12H,5-8H2,(H,20,21)/b19-9-. The van der Waals surface area contributed by atoms with E-state index in [1.54, 1.807) is 0 Å². The Bertz CT molecular complexity index is 754. The number of benzene rings is 1. The zero-order valence-electron chi connectivity index (χ0n) is 12.1. The van der Waals surface area contributed by atoms with Crippen molar-refractivity contribution in [2.45, 2.75) is 25.7 Å². The third-order valence-electron chi connectivity index (χ3n) is 4.97. The predicted octanol–water partition coefficient (Wildman–Crippen LogP) is 4.71. The largest absolute Gasteiger partial charge is 0.282 e. The fourth-order valence-corrected chi connectivity index (χ4v) is 5.29. The molecule has 2 fully saturated rings. The molecule has 4 rings (SSSR count). The summed E-state index contributed by atoms with van der Waals surface area (Å²) < 4.78 is 1.02. The number of carbonyl (C=O) groups is 1. The molecule has 1 aromatic carbocycles. The van der Waals surface area contributed by atoms with E-state index in [-0.39, 0.29) is 5.91 Å². The molecule has 3 unspecified atom stereocenters. The van der Waals surface area contributed by atoms with Crippen LogP contribution in [0.25, 0.3) is 10.1 Å². The zero-order chi connectivity index (χ0) is 15.1. The number of nitrogens with one attached hydrogen (secondary N) is 1. The average molecular weight is 333 g/mol. The Morgan fingerprint density at radius 1 is 1.32 bits per heavy atom. The van der Waals surface area contributed by atoms with E-state index in [4.69, 9.17) is 11.6 Å². The molecule has 0 spiro atoms. The number of hydrogen-bond acceptors (Lipinski definition) is 3. The summed E-state index contributed by atoms with van der Waals surface area (Å²) in [4.78, 5) is 12.8. The van der Waals surface area contributed by atoms with Crippen molar-refractivity contribution in [2.24, 2.45) is 22.9 Å². The number of hydrazone groups is 1. The van der Waals surface area contributed by atoms with E-state index < -0.39 is 0 Å². The van der Waals surface area contributed by atoms with Crippen LogP contribution in [0.4, 0.5) is 0 Å². The van der Waals surface area contributed by atoms with Gasteiger partial charge in [0.25, 0.3) is 5.91 Å². The summed E-state index contributed by atoms with van der Waals surface area (Å²) in [7, 11) is 0. The van der Waals surface area contributed by atoms with Crippen LogP contribution in [-0.4, -0.2) is 12.1 Å². The van der Waals surface area contributed by atoms with Crippen LogP contribution >= 0.6 is 22.9 Å². The number of carbonyl (C=O) groups excluding carboxylic acids is 1. The van der Waals surface area contributed by atoms with E-state index in [1.165, 1.54) is 37.0 Å². The van der Waals surface area contributed by atoms with Crippen molar-refractivity contribution in [3.8, 4) is 0 Å². The normalized spacial score (nSPS) is 27.0. The Balaban J connectivity index is 1.46. The highest BCUT2D eigenvalue weighted by Crippen LogP contribution is 2.47. The Morgan fingerprint density at radius 3 is 2.91 bits per heavy atom. The number of fused-ring (bicyclic) bond motifs is 3. The third-order valence-corrected chi connectivity index (χ3v) is 6.64. The summed E-state index contributed by atoms with van der Waals surface area (Å²) in [6, 6.07) is 7.78. The molecule has 0 radical (unpaired) electrons. The van der Waals surface area contributed by atoms with Gasteiger partial charge in [0.15, 0.2) is 0 Å². The molecule has 2 aliphatic rings. The second kappa shape index (κ2) is 5.67. The first kappa shape index (κ1) is 14.2. The fraction of sp³-hybridized carbons (Fsp3) is 0.412. The maximum atomic E-state index is 12.3. The molecular weight excluding hydrogens is 316 g/mol. The smallest absolute Gasteiger partial charge is 0.266 e. The van der Waals surface area contributed by atoms with Crippen molar-refractivity contribution in [1.29, 1.82) is 0 Å². The lowest BCUT2D eigenvalue weighted by Gasteiger charge is -2.16. The maximum Gasteiger partial charge on any atom is 0.282 e. The molecule has 1 aromatic heterocycles. The first-order chi connectivity index (χ1) is 10.7. The van der Waals surface area contributed by atoms with Gasteiger partial charge < -0.3 is 0 Å². The van der Waals surface area contributed by atoms with E-state index in [0.29, 0.717) is 15.8 Å². The third kappa shape index (κ3) is 2.44. The van der Waals surface area contributed by atoms with Crippen LogP contribution in [0.1, 0.15) is 35.4 Å². The minimum Gasteiger partial charge on any atom is -0.266 e. The van der Waals surface area contributed by atoms with Crippen molar-refractivity contribution in [1.82, 2.24) is 5.43 Å². The predicted molar refractivity (Wildman–Crippen MR) is 91.7 cm³/mol. The van der Waals surface area contributed by atoms with E-state index in [9.17, 15) is 4.79 Å². The van der Waals surface area contributed by atoms with Crippen molar-refractivity contribution in [3.05, 3.63) is 34.2 Å². The molecule has 1 amide bonds. The molecule has 3 atom stereocenters. The van der Waals surface area contributed by atoms with Gasteiger partial charge >= 0.3 is 0 Å². The molecule has 3 nitrogen and oxygen atoms in total. The van der Waals surface area contributed by atoms with E-state index in [0.717, 1.165) is 21.9 Å². The number of nitrogens with zero attached hydrogens (tertiary/aromatic N) is 1. The van der Waals surface area contributed by atoms with Crippen LogP contribution in [0.2, 0.25) is 5.02 Å². The molecule has 1 heterocycles. The molecule has 5 heteroatoms. The van der Waals surface area contributed by atoms with Crippen LogP contribution in [-0.2, 0) is 0 Å². The van der Waals surface area contributed by atoms with Gasteiger partial charge in [0.05, 0.1) is 5.02 Å². The van der Waals surface area contributed by atoms with E-state index in [1.807, 2.05) is 30.5 Å². The molecule has 22 heavy (non-hydrogen) atoms. The summed E-state index contributed by atoms with van der Waals surface area (Å²) in [5.41, 5.74) is 2.64.